The van der Waals surface area contributed by atoms with Crippen LogP contribution in [0.5, 0.6) is 0 Å². The van der Waals surface area contributed by atoms with Gasteiger partial charge in [0.15, 0.2) is 0 Å². The van der Waals surface area contributed by atoms with Gasteiger partial charge in [0.2, 0.25) is 0 Å². The number of hydrogen-bond acceptors (Lipinski definition) is 2. The number of hydrogen-bond donors (Lipinski definition) is 2. The van der Waals surface area contributed by atoms with Crippen LogP contribution in [0.25, 0.3) is 0 Å². The molecular weight excluding hydrogens is 103 g/mol. The van der Waals surface area contributed by atoms with E-state index in [4.69, 9.17) is 10.2 Å². The maximum absolute atomic E-state index is 9.59. The first-order valence-corrected chi connectivity index (χ1v) is 1.94. The van der Waals surface area contributed by atoms with Gasteiger partial charge >= 0.3 is 24.8 Å². The van der Waals surface area contributed by atoms with E-state index in [0.29, 0.717) is 0 Å². The zero-order chi connectivity index (χ0) is 5.70. The molecule has 0 unspecified atom stereocenters. The van der Waals surface area contributed by atoms with E-state index in [0.717, 1.165) is 6.42 Å². The molecule has 0 aromatic heterocycles. The molecule has 0 heterocycles. The molecule has 0 aromatic rings. The van der Waals surface area contributed by atoms with Crippen LogP contribution in [0.2, 0.25) is 0 Å². The summed E-state index contributed by atoms with van der Waals surface area (Å²) in [6.07, 6.45) is 1.25. The Kier molecular flexibility index (Phi) is 9.59. The van der Waals surface area contributed by atoms with Gasteiger partial charge in [-0.1, -0.05) is 0 Å². The molecule has 8 heavy (non-hydrogen) atoms. The standard InChI is InChI=1S/C4H7O3.Li.H/c5-3-1-2-4(6)7;;/h2,5H,1,3H2,(H,6,7);;. The van der Waals surface area contributed by atoms with E-state index in [1.807, 2.05) is 0 Å². The van der Waals surface area contributed by atoms with Gasteiger partial charge in [-0.2, -0.15) is 0 Å². The van der Waals surface area contributed by atoms with Crippen LogP contribution in [-0.2, 0) is 4.79 Å². The van der Waals surface area contributed by atoms with Crippen molar-refractivity contribution in [3.63, 3.8) is 0 Å². The predicted octanol–water partition coefficient (Wildman–Crippen LogP) is -0.991. The second-order valence-electron chi connectivity index (χ2n) is 1.05. The van der Waals surface area contributed by atoms with Gasteiger partial charge in [-0.05, 0) is 6.42 Å². The number of carboxylic acid groups (broad SMARTS) is 1. The van der Waals surface area contributed by atoms with Crippen molar-refractivity contribution in [3.05, 3.63) is 6.42 Å². The van der Waals surface area contributed by atoms with Crippen LogP contribution < -0.4 is 0 Å². The van der Waals surface area contributed by atoms with Crippen molar-refractivity contribution >= 4 is 24.8 Å². The predicted molar refractivity (Wildman–Crippen MR) is 30.8 cm³/mol. The monoisotopic (exact) mass is 111 g/mol. The summed E-state index contributed by atoms with van der Waals surface area (Å²) in [5.74, 6) is -0.978. The molecule has 0 bridgehead atoms. The molecule has 0 amide bonds. The van der Waals surface area contributed by atoms with E-state index in [-0.39, 0.29) is 31.9 Å². The van der Waals surface area contributed by atoms with Crippen molar-refractivity contribution in [3.8, 4) is 0 Å². The summed E-state index contributed by atoms with van der Waals surface area (Å²) in [6.45, 7) is -0.0910. The van der Waals surface area contributed by atoms with Crippen molar-refractivity contribution in [1.29, 1.82) is 0 Å². The molecule has 0 spiro atoms. The number of aliphatic hydroxyl groups is 1. The second-order valence-corrected chi connectivity index (χ2v) is 1.05. The van der Waals surface area contributed by atoms with Gasteiger partial charge in [0, 0.05) is 6.61 Å². The van der Waals surface area contributed by atoms with Gasteiger partial charge in [-0.3, -0.25) is 4.79 Å². The van der Waals surface area contributed by atoms with Gasteiger partial charge in [0.1, 0.15) is 0 Å². The first kappa shape index (κ1) is 10.9. The van der Waals surface area contributed by atoms with Crippen molar-refractivity contribution in [1.82, 2.24) is 0 Å². The average Bonchev–Trinajstić information content (AvgIpc) is 1.61. The summed E-state index contributed by atoms with van der Waals surface area (Å²) in [7, 11) is 0. The average molecular weight is 111 g/mol. The molecule has 4 heteroatoms. The maximum atomic E-state index is 9.59. The number of rotatable bonds is 3. The van der Waals surface area contributed by atoms with E-state index in [1.54, 1.807) is 0 Å². The van der Waals surface area contributed by atoms with Gasteiger partial charge in [-0.25, -0.2) is 0 Å². The van der Waals surface area contributed by atoms with E-state index >= 15 is 0 Å². The first-order chi connectivity index (χ1) is 3.27. The molecule has 0 atom stereocenters. The Morgan fingerprint density at radius 2 is 2.12 bits per heavy atom. The number of aliphatic carboxylic acids is 1. The Labute approximate surface area is 59.9 Å². The van der Waals surface area contributed by atoms with E-state index in [2.05, 4.69) is 0 Å². The Morgan fingerprint density at radius 3 is 2.25 bits per heavy atom. The SMILES string of the molecule is O=C(O)[CH]CCO.[LiH]. The minimum atomic E-state index is -0.978. The fraction of sp³-hybridized carbons (Fsp3) is 0.500. The molecular formula is C4H8LiO3. The molecule has 0 aromatic carbocycles. The summed E-state index contributed by atoms with van der Waals surface area (Å²) < 4.78 is 0. The molecule has 2 N–H and O–H groups in total. The van der Waals surface area contributed by atoms with Crippen molar-refractivity contribution in [2.45, 2.75) is 6.42 Å². The van der Waals surface area contributed by atoms with E-state index in [1.165, 1.54) is 0 Å². The van der Waals surface area contributed by atoms with Gasteiger partial charge in [0.25, 0.3) is 0 Å². The summed E-state index contributed by atoms with van der Waals surface area (Å²) in [5.41, 5.74) is 0. The molecule has 0 aliphatic rings. The molecule has 0 fully saturated rings. The summed E-state index contributed by atoms with van der Waals surface area (Å²) in [6, 6.07) is 0. The Balaban J connectivity index is 0. The van der Waals surface area contributed by atoms with Crippen LogP contribution in [0.3, 0.4) is 0 Å². The van der Waals surface area contributed by atoms with Gasteiger partial charge < -0.3 is 10.2 Å². The molecule has 0 rings (SSSR count). The van der Waals surface area contributed by atoms with Crippen molar-refractivity contribution in [2.24, 2.45) is 0 Å². The van der Waals surface area contributed by atoms with Crippen LogP contribution in [0, 0.1) is 6.42 Å². The molecule has 0 saturated carbocycles. The van der Waals surface area contributed by atoms with E-state index < -0.39 is 5.97 Å². The summed E-state index contributed by atoms with van der Waals surface area (Å²) in [4.78, 5) is 9.59. The Bertz CT molecular complexity index is 64.3. The second kappa shape index (κ2) is 7.03. The minimum absolute atomic E-state index is 0. The van der Waals surface area contributed by atoms with Crippen LogP contribution in [0.4, 0.5) is 0 Å². The third-order valence-corrected chi connectivity index (χ3v) is 0.448. The van der Waals surface area contributed by atoms with Crippen LogP contribution in [0.1, 0.15) is 6.42 Å². The summed E-state index contributed by atoms with van der Waals surface area (Å²) >= 11 is 0. The summed E-state index contributed by atoms with van der Waals surface area (Å²) in [5, 5.41) is 15.9. The van der Waals surface area contributed by atoms with Crippen LogP contribution in [0.15, 0.2) is 0 Å². The molecule has 0 saturated heterocycles. The van der Waals surface area contributed by atoms with Crippen molar-refractivity contribution in [2.75, 3.05) is 6.61 Å². The fourth-order valence-corrected chi connectivity index (χ4v) is 0.188. The third-order valence-electron chi connectivity index (χ3n) is 0.448. The Hall–Kier alpha value is 0.0274. The van der Waals surface area contributed by atoms with Gasteiger partial charge in [-0.15, -0.1) is 0 Å². The number of carbonyl (C=O) groups is 1. The van der Waals surface area contributed by atoms with Gasteiger partial charge in [0.05, 0.1) is 6.42 Å². The molecule has 0 aliphatic heterocycles. The van der Waals surface area contributed by atoms with Crippen LogP contribution in [-0.4, -0.2) is 41.6 Å². The Morgan fingerprint density at radius 1 is 1.62 bits per heavy atom. The molecule has 1 radical (unpaired) electrons. The van der Waals surface area contributed by atoms with Crippen LogP contribution >= 0.6 is 0 Å². The molecule has 43 valence electrons. The number of aliphatic hydroxyl groups excluding tert-OH is 1. The van der Waals surface area contributed by atoms with Crippen molar-refractivity contribution < 1.29 is 15.0 Å². The quantitative estimate of drug-likeness (QED) is 0.459. The zero-order valence-electron chi connectivity index (χ0n) is 3.79. The van der Waals surface area contributed by atoms with E-state index in [9.17, 15) is 4.79 Å². The number of carboxylic acids is 1. The third kappa shape index (κ3) is 9.39. The topological polar surface area (TPSA) is 57.5 Å². The normalized spacial score (nSPS) is 7.62. The molecule has 0 aliphatic carbocycles. The molecule has 3 nitrogen and oxygen atoms in total. The fourth-order valence-electron chi connectivity index (χ4n) is 0.188. The zero-order valence-corrected chi connectivity index (χ0v) is 3.79. The first-order valence-electron chi connectivity index (χ1n) is 1.94.